The second-order valence-electron chi connectivity index (χ2n) is 3.85. The van der Waals surface area contributed by atoms with E-state index in [1.165, 1.54) is 6.07 Å². The number of rotatable bonds is 4. The normalized spacial score (nSPS) is 10.5. The summed E-state index contributed by atoms with van der Waals surface area (Å²) in [5, 5.41) is 13.8. The molecular formula is C11H10FIN4O2. The Morgan fingerprint density at radius 2 is 2.32 bits per heavy atom. The summed E-state index contributed by atoms with van der Waals surface area (Å²) in [5.74, 6) is 0.210. The number of hydrogen-bond acceptors (Lipinski definition) is 4. The Morgan fingerprint density at radius 3 is 2.89 bits per heavy atom. The molecule has 0 amide bonds. The third-order valence-electron chi connectivity index (χ3n) is 2.59. The average Bonchev–Trinajstić information content (AvgIpc) is 2.75. The summed E-state index contributed by atoms with van der Waals surface area (Å²) in [4.78, 5) is 14.5. The van der Waals surface area contributed by atoms with E-state index in [1.54, 1.807) is 39.6 Å². The van der Waals surface area contributed by atoms with Gasteiger partial charge in [0, 0.05) is 31.6 Å². The molecule has 2 rings (SSSR count). The highest BCUT2D eigenvalue weighted by Crippen LogP contribution is 2.28. The van der Waals surface area contributed by atoms with E-state index >= 15 is 0 Å². The highest BCUT2D eigenvalue weighted by atomic mass is 127. The number of halogens is 2. The maximum Gasteiger partial charge on any atom is 0.293 e. The fraction of sp³-hybridized carbons (Fsp3) is 0.182. The number of hydrogen-bond donors (Lipinski definition) is 1. The van der Waals surface area contributed by atoms with Crippen molar-refractivity contribution >= 4 is 34.0 Å². The van der Waals surface area contributed by atoms with Gasteiger partial charge in [-0.15, -0.1) is 0 Å². The molecule has 0 fully saturated rings. The molecule has 0 aliphatic heterocycles. The van der Waals surface area contributed by atoms with Crippen molar-refractivity contribution in [3.63, 3.8) is 0 Å². The van der Waals surface area contributed by atoms with Crippen molar-refractivity contribution in [1.29, 1.82) is 0 Å². The predicted octanol–water partition coefficient (Wildman–Crippen LogP) is 2.68. The zero-order valence-electron chi connectivity index (χ0n) is 9.93. The Bertz CT molecular complexity index is 629. The molecule has 0 atom stereocenters. The zero-order chi connectivity index (χ0) is 14.0. The van der Waals surface area contributed by atoms with Crippen LogP contribution in [0.15, 0.2) is 24.5 Å². The van der Waals surface area contributed by atoms with Crippen LogP contribution in [0.25, 0.3) is 0 Å². The number of benzene rings is 1. The van der Waals surface area contributed by atoms with E-state index < -0.39 is 10.7 Å². The predicted molar refractivity (Wildman–Crippen MR) is 76.3 cm³/mol. The van der Waals surface area contributed by atoms with Crippen LogP contribution in [0.4, 0.5) is 15.8 Å². The molecule has 6 nitrogen and oxygen atoms in total. The molecule has 0 unspecified atom stereocenters. The lowest BCUT2D eigenvalue weighted by atomic mass is 10.2. The summed E-state index contributed by atoms with van der Waals surface area (Å²) >= 11 is 1.72. The largest absolute Gasteiger partial charge is 0.372 e. The van der Waals surface area contributed by atoms with Gasteiger partial charge in [0.1, 0.15) is 17.3 Å². The van der Waals surface area contributed by atoms with Crippen LogP contribution in [0.1, 0.15) is 5.82 Å². The van der Waals surface area contributed by atoms with E-state index in [9.17, 15) is 14.5 Å². The van der Waals surface area contributed by atoms with Gasteiger partial charge < -0.3 is 9.88 Å². The molecule has 0 radical (unpaired) electrons. The molecule has 0 aliphatic rings. The van der Waals surface area contributed by atoms with Crippen LogP contribution in [-0.4, -0.2) is 14.5 Å². The maximum atomic E-state index is 13.5. The van der Waals surface area contributed by atoms with Crippen LogP contribution < -0.4 is 5.32 Å². The van der Waals surface area contributed by atoms with Gasteiger partial charge in [-0.3, -0.25) is 10.1 Å². The minimum atomic E-state index is -0.539. The van der Waals surface area contributed by atoms with Gasteiger partial charge in [-0.25, -0.2) is 9.37 Å². The van der Waals surface area contributed by atoms with Crippen LogP contribution in [0, 0.1) is 19.5 Å². The van der Waals surface area contributed by atoms with E-state index in [0.29, 0.717) is 5.82 Å². The van der Waals surface area contributed by atoms with E-state index in [2.05, 4.69) is 10.3 Å². The summed E-state index contributed by atoms with van der Waals surface area (Å²) in [6.45, 7) is 0.282. The molecule has 0 aliphatic carbocycles. The van der Waals surface area contributed by atoms with E-state index in [1.807, 2.05) is 7.05 Å². The van der Waals surface area contributed by atoms with Crippen LogP contribution in [0.5, 0.6) is 0 Å². The van der Waals surface area contributed by atoms with Gasteiger partial charge in [0.05, 0.1) is 15.0 Å². The number of nitro benzene ring substituents is 1. The van der Waals surface area contributed by atoms with Crippen molar-refractivity contribution < 1.29 is 9.31 Å². The molecule has 0 spiro atoms. The Balaban J connectivity index is 2.26. The molecule has 1 heterocycles. The lowest BCUT2D eigenvalue weighted by Crippen LogP contribution is -2.08. The first kappa shape index (κ1) is 13.7. The number of nitrogens with one attached hydrogen (secondary N) is 1. The van der Waals surface area contributed by atoms with Gasteiger partial charge in [-0.05, 0) is 22.6 Å². The van der Waals surface area contributed by atoms with Gasteiger partial charge in [0.15, 0.2) is 0 Å². The molecule has 0 saturated carbocycles. The lowest BCUT2D eigenvalue weighted by molar-refractivity contribution is -0.384. The quantitative estimate of drug-likeness (QED) is 0.506. The fourth-order valence-corrected chi connectivity index (χ4v) is 2.02. The number of anilines is 1. The Morgan fingerprint density at radius 1 is 1.58 bits per heavy atom. The van der Waals surface area contributed by atoms with E-state index in [4.69, 9.17) is 0 Å². The Kier molecular flexibility index (Phi) is 3.98. The second-order valence-corrected chi connectivity index (χ2v) is 5.01. The monoisotopic (exact) mass is 376 g/mol. The number of nitrogens with zero attached hydrogens (tertiary/aromatic N) is 3. The molecule has 1 aromatic heterocycles. The topological polar surface area (TPSA) is 73.0 Å². The summed E-state index contributed by atoms with van der Waals surface area (Å²) in [6.07, 6.45) is 3.39. The second kappa shape index (κ2) is 5.51. The lowest BCUT2D eigenvalue weighted by Gasteiger charge is -2.08. The summed E-state index contributed by atoms with van der Waals surface area (Å²) in [7, 11) is 1.81. The molecule has 8 heteroatoms. The number of imidazole rings is 1. The van der Waals surface area contributed by atoms with Crippen molar-refractivity contribution in [3.8, 4) is 0 Å². The van der Waals surface area contributed by atoms with Gasteiger partial charge in [-0.2, -0.15) is 0 Å². The van der Waals surface area contributed by atoms with Gasteiger partial charge in [-0.1, -0.05) is 0 Å². The Hall–Kier alpha value is -1.71. The molecule has 19 heavy (non-hydrogen) atoms. The molecule has 2 aromatic rings. The first-order valence-electron chi connectivity index (χ1n) is 5.32. The van der Waals surface area contributed by atoms with Crippen molar-refractivity contribution in [2.24, 2.45) is 7.05 Å². The van der Waals surface area contributed by atoms with Crippen LogP contribution >= 0.6 is 22.6 Å². The third-order valence-corrected chi connectivity index (χ3v) is 3.42. The fourth-order valence-electron chi connectivity index (χ4n) is 1.57. The van der Waals surface area contributed by atoms with Crippen molar-refractivity contribution in [2.75, 3.05) is 5.32 Å². The molecular weight excluding hydrogens is 366 g/mol. The van der Waals surface area contributed by atoms with Crippen LogP contribution in [-0.2, 0) is 13.6 Å². The smallest absolute Gasteiger partial charge is 0.293 e. The first-order chi connectivity index (χ1) is 8.99. The third kappa shape index (κ3) is 3.00. The van der Waals surface area contributed by atoms with Gasteiger partial charge in [0.25, 0.3) is 5.69 Å². The van der Waals surface area contributed by atoms with Gasteiger partial charge >= 0.3 is 0 Å². The molecule has 0 saturated heterocycles. The highest BCUT2D eigenvalue weighted by Gasteiger charge is 2.17. The maximum absolute atomic E-state index is 13.5. The SMILES string of the molecule is Cn1ccnc1CNc1cc(F)c(I)cc1[N+](=O)[O-]. The minimum absolute atomic E-state index is 0.144. The number of aryl methyl sites for hydroxylation is 1. The van der Waals surface area contributed by atoms with Crippen molar-refractivity contribution in [3.05, 3.63) is 49.9 Å². The molecule has 1 N–H and O–H groups in total. The van der Waals surface area contributed by atoms with Crippen LogP contribution in [0.2, 0.25) is 0 Å². The van der Waals surface area contributed by atoms with Crippen molar-refractivity contribution in [2.45, 2.75) is 6.54 Å². The summed E-state index contributed by atoms with van der Waals surface area (Å²) in [6, 6.07) is 2.33. The molecule has 1 aromatic carbocycles. The standard InChI is InChI=1S/C11H10FIN4O2/c1-16-3-2-14-11(16)6-15-9-4-7(12)8(13)5-10(9)17(18)19/h2-5,15H,6H2,1H3. The van der Waals surface area contributed by atoms with Gasteiger partial charge in [0.2, 0.25) is 0 Å². The highest BCUT2D eigenvalue weighted by molar-refractivity contribution is 14.1. The van der Waals surface area contributed by atoms with Crippen LogP contribution in [0.3, 0.4) is 0 Å². The average molecular weight is 376 g/mol. The van der Waals surface area contributed by atoms with E-state index in [-0.39, 0.29) is 21.5 Å². The zero-order valence-corrected chi connectivity index (χ0v) is 12.1. The molecule has 100 valence electrons. The summed E-state index contributed by atoms with van der Waals surface area (Å²) in [5.41, 5.74) is -0.00840. The minimum Gasteiger partial charge on any atom is -0.372 e. The van der Waals surface area contributed by atoms with E-state index in [0.717, 1.165) is 6.07 Å². The van der Waals surface area contributed by atoms with Crippen molar-refractivity contribution in [1.82, 2.24) is 9.55 Å². The summed E-state index contributed by atoms with van der Waals surface area (Å²) < 4.78 is 15.5. The number of nitro groups is 1. The first-order valence-corrected chi connectivity index (χ1v) is 6.40. The number of aromatic nitrogens is 2. The Labute approximate surface area is 121 Å². The molecule has 0 bridgehead atoms.